The largest absolute Gasteiger partial charge is 0.493 e. The Hall–Kier alpha value is -3.53. The minimum atomic E-state index is -0.220. The number of hydrogen-bond acceptors (Lipinski definition) is 6. The first-order chi connectivity index (χ1) is 14.2. The standard InChI is InChI=1S/C22H22N4O3/c1-28-18-6-2-4-16-12-19(29-20(16)18)22(27)25-14-15-7-10-26(11-8-15)21-17(13-23)5-3-9-24-21/h2-6,9,12,15H,7-8,10-11,14H2,1H3,(H,25,27). The van der Waals surface area contributed by atoms with E-state index in [2.05, 4.69) is 21.3 Å². The molecular weight excluding hydrogens is 368 g/mol. The van der Waals surface area contributed by atoms with E-state index in [9.17, 15) is 10.1 Å². The minimum Gasteiger partial charge on any atom is -0.493 e. The number of nitrogens with zero attached hydrogens (tertiary/aromatic N) is 3. The summed E-state index contributed by atoms with van der Waals surface area (Å²) in [4.78, 5) is 19.0. The van der Waals surface area contributed by atoms with Crippen molar-refractivity contribution in [1.82, 2.24) is 10.3 Å². The summed E-state index contributed by atoms with van der Waals surface area (Å²) in [6, 6.07) is 13.1. The predicted molar refractivity (Wildman–Crippen MR) is 109 cm³/mol. The SMILES string of the molecule is COc1cccc2cc(C(=O)NCC3CCN(c4ncccc4C#N)CC3)oc12. The number of fused-ring (bicyclic) bond motifs is 1. The second-order valence-electron chi connectivity index (χ2n) is 7.12. The van der Waals surface area contributed by atoms with Gasteiger partial charge in [-0.15, -0.1) is 0 Å². The Bertz CT molecular complexity index is 1060. The highest BCUT2D eigenvalue weighted by Crippen LogP contribution is 2.28. The number of benzene rings is 1. The molecule has 1 aliphatic rings. The molecule has 0 atom stereocenters. The Kier molecular flexibility index (Phi) is 5.34. The van der Waals surface area contributed by atoms with E-state index in [0.717, 1.165) is 37.1 Å². The summed E-state index contributed by atoms with van der Waals surface area (Å²) < 4.78 is 11.0. The van der Waals surface area contributed by atoms with Crippen LogP contribution in [-0.4, -0.2) is 37.6 Å². The summed E-state index contributed by atoms with van der Waals surface area (Å²) >= 11 is 0. The van der Waals surface area contributed by atoms with Crippen LogP contribution in [0.4, 0.5) is 5.82 Å². The number of ether oxygens (including phenoxy) is 1. The maximum absolute atomic E-state index is 12.5. The molecule has 0 saturated carbocycles. The predicted octanol–water partition coefficient (Wildman–Crippen LogP) is 3.35. The number of pyridine rings is 1. The number of furan rings is 1. The van der Waals surface area contributed by atoms with Crippen molar-refractivity contribution in [3.8, 4) is 11.8 Å². The molecule has 1 N–H and O–H groups in total. The van der Waals surface area contributed by atoms with E-state index in [-0.39, 0.29) is 11.7 Å². The first-order valence-electron chi connectivity index (χ1n) is 9.64. The number of carbonyl (C=O) groups is 1. The molecule has 0 spiro atoms. The summed E-state index contributed by atoms with van der Waals surface area (Å²) in [6.45, 7) is 2.22. The number of piperidine rings is 1. The zero-order valence-corrected chi connectivity index (χ0v) is 16.2. The molecule has 2 aromatic heterocycles. The third kappa shape index (κ3) is 3.87. The van der Waals surface area contributed by atoms with Gasteiger partial charge in [-0.25, -0.2) is 4.98 Å². The van der Waals surface area contributed by atoms with Gasteiger partial charge in [0.1, 0.15) is 11.9 Å². The monoisotopic (exact) mass is 390 g/mol. The summed E-state index contributed by atoms with van der Waals surface area (Å²) in [7, 11) is 1.58. The molecule has 3 aromatic rings. The number of methoxy groups -OCH3 is 1. The number of nitrogens with one attached hydrogen (secondary N) is 1. The maximum Gasteiger partial charge on any atom is 0.287 e. The number of amides is 1. The quantitative estimate of drug-likeness (QED) is 0.718. The van der Waals surface area contributed by atoms with E-state index in [0.29, 0.717) is 29.4 Å². The lowest BCUT2D eigenvalue weighted by molar-refractivity contribution is 0.0919. The lowest BCUT2D eigenvalue weighted by atomic mass is 9.96. The molecule has 0 radical (unpaired) electrons. The zero-order chi connectivity index (χ0) is 20.2. The van der Waals surface area contributed by atoms with Crippen molar-refractivity contribution in [3.63, 3.8) is 0 Å². The van der Waals surface area contributed by atoms with Crippen molar-refractivity contribution in [3.05, 3.63) is 53.9 Å². The molecule has 29 heavy (non-hydrogen) atoms. The van der Waals surface area contributed by atoms with Crippen LogP contribution in [0.1, 0.15) is 29.0 Å². The Morgan fingerprint density at radius 2 is 2.17 bits per heavy atom. The topological polar surface area (TPSA) is 91.4 Å². The number of para-hydroxylation sites is 1. The zero-order valence-electron chi connectivity index (χ0n) is 16.2. The molecule has 0 bridgehead atoms. The second-order valence-corrected chi connectivity index (χ2v) is 7.12. The molecule has 7 nitrogen and oxygen atoms in total. The van der Waals surface area contributed by atoms with E-state index >= 15 is 0 Å². The number of nitriles is 1. The first kappa shape index (κ1) is 18.8. The number of aromatic nitrogens is 1. The maximum atomic E-state index is 12.5. The van der Waals surface area contributed by atoms with Gasteiger partial charge in [0, 0.05) is 31.2 Å². The van der Waals surface area contributed by atoms with Crippen molar-refractivity contribution in [2.45, 2.75) is 12.8 Å². The van der Waals surface area contributed by atoms with Gasteiger partial charge in [0.05, 0.1) is 12.7 Å². The third-order valence-electron chi connectivity index (χ3n) is 5.32. The average molecular weight is 390 g/mol. The van der Waals surface area contributed by atoms with Crippen molar-refractivity contribution in [1.29, 1.82) is 5.26 Å². The third-order valence-corrected chi connectivity index (χ3v) is 5.32. The normalized spacial score (nSPS) is 14.6. The fourth-order valence-electron chi connectivity index (χ4n) is 3.72. The number of carbonyl (C=O) groups excluding carboxylic acids is 1. The van der Waals surface area contributed by atoms with E-state index < -0.39 is 0 Å². The Morgan fingerprint density at radius 1 is 1.34 bits per heavy atom. The van der Waals surface area contributed by atoms with E-state index in [1.54, 1.807) is 37.6 Å². The molecule has 1 saturated heterocycles. The van der Waals surface area contributed by atoms with Gasteiger partial charge in [-0.05, 0) is 43.0 Å². The van der Waals surface area contributed by atoms with Crippen molar-refractivity contribution in [2.75, 3.05) is 31.6 Å². The summed E-state index contributed by atoms with van der Waals surface area (Å²) in [5, 5.41) is 13.1. The van der Waals surface area contributed by atoms with Crippen LogP contribution in [0.3, 0.4) is 0 Å². The highest BCUT2D eigenvalue weighted by Gasteiger charge is 2.23. The van der Waals surface area contributed by atoms with Gasteiger partial charge in [-0.1, -0.05) is 12.1 Å². The molecule has 1 aliphatic heterocycles. The lowest BCUT2D eigenvalue weighted by Gasteiger charge is -2.33. The van der Waals surface area contributed by atoms with E-state index in [1.165, 1.54) is 0 Å². The molecule has 3 heterocycles. The second kappa shape index (κ2) is 8.23. The van der Waals surface area contributed by atoms with Crippen molar-refractivity contribution < 1.29 is 13.9 Å². The molecule has 7 heteroatoms. The highest BCUT2D eigenvalue weighted by molar-refractivity contribution is 5.97. The molecule has 4 rings (SSSR count). The Labute approximate surface area is 168 Å². The fraction of sp³-hybridized carbons (Fsp3) is 0.318. The van der Waals surface area contributed by atoms with Crippen molar-refractivity contribution >= 4 is 22.7 Å². The average Bonchev–Trinajstić information content (AvgIpc) is 3.22. The molecule has 0 aliphatic carbocycles. The molecule has 1 aromatic carbocycles. The van der Waals surface area contributed by atoms with Crippen LogP contribution in [0.2, 0.25) is 0 Å². The number of rotatable bonds is 5. The smallest absolute Gasteiger partial charge is 0.287 e. The van der Waals surface area contributed by atoms with Gasteiger partial charge in [-0.2, -0.15) is 5.26 Å². The first-order valence-corrected chi connectivity index (χ1v) is 9.64. The van der Waals surface area contributed by atoms with Gasteiger partial charge in [0.25, 0.3) is 5.91 Å². The van der Waals surface area contributed by atoms with E-state index in [1.807, 2.05) is 12.1 Å². The highest BCUT2D eigenvalue weighted by atomic mass is 16.5. The van der Waals surface area contributed by atoms with Gasteiger partial charge < -0.3 is 19.4 Å². The Morgan fingerprint density at radius 3 is 2.93 bits per heavy atom. The lowest BCUT2D eigenvalue weighted by Crippen LogP contribution is -2.39. The van der Waals surface area contributed by atoms with Crippen LogP contribution >= 0.6 is 0 Å². The van der Waals surface area contributed by atoms with Gasteiger partial charge in [0.2, 0.25) is 0 Å². The summed E-state index contributed by atoms with van der Waals surface area (Å²) in [5.74, 6) is 1.80. The van der Waals surface area contributed by atoms with Crippen LogP contribution in [0, 0.1) is 17.2 Å². The van der Waals surface area contributed by atoms with Crippen molar-refractivity contribution in [2.24, 2.45) is 5.92 Å². The van der Waals surface area contributed by atoms with Gasteiger partial charge in [-0.3, -0.25) is 4.79 Å². The van der Waals surface area contributed by atoms with Gasteiger partial charge >= 0.3 is 0 Å². The van der Waals surface area contributed by atoms with E-state index in [4.69, 9.17) is 9.15 Å². The number of anilines is 1. The minimum absolute atomic E-state index is 0.220. The summed E-state index contributed by atoms with van der Waals surface area (Å²) in [5.41, 5.74) is 1.18. The molecule has 0 unspecified atom stereocenters. The fourth-order valence-corrected chi connectivity index (χ4v) is 3.72. The molecule has 1 fully saturated rings. The number of hydrogen-bond donors (Lipinski definition) is 1. The van der Waals surface area contributed by atoms with Crippen LogP contribution < -0.4 is 15.0 Å². The molecular formula is C22H22N4O3. The van der Waals surface area contributed by atoms with Crippen LogP contribution in [-0.2, 0) is 0 Å². The molecule has 1 amide bonds. The van der Waals surface area contributed by atoms with Gasteiger partial charge in [0.15, 0.2) is 17.1 Å². The van der Waals surface area contributed by atoms with Crippen LogP contribution in [0.5, 0.6) is 5.75 Å². The summed E-state index contributed by atoms with van der Waals surface area (Å²) in [6.07, 6.45) is 3.57. The van der Waals surface area contributed by atoms with Crippen LogP contribution in [0.25, 0.3) is 11.0 Å². The Balaban J connectivity index is 1.34. The molecule has 148 valence electrons. The van der Waals surface area contributed by atoms with Crippen LogP contribution in [0.15, 0.2) is 47.0 Å².